The summed E-state index contributed by atoms with van der Waals surface area (Å²) in [4.78, 5) is 5.81. The fourth-order valence-electron chi connectivity index (χ4n) is 2.75. The molecule has 1 aromatic heterocycles. The Balaban J connectivity index is 2.02. The van der Waals surface area contributed by atoms with Crippen LogP contribution < -0.4 is 4.90 Å². The van der Waals surface area contributed by atoms with Crippen molar-refractivity contribution >= 4 is 5.82 Å². The van der Waals surface area contributed by atoms with Gasteiger partial charge in [0, 0.05) is 24.8 Å². The van der Waals surface area contributed by atoms with Crippen LogP contribution >= 0.6 is 0 Å². The van der Waals surface area contributed by atoms with Crippen molar-refractivity contribution in [3.63, 3.8) is 0 Å². The average molecular weight is 303 g/mol. The number of halogens is 3. The molecular formula is C16H12F3N3. The number of anilines is 1. The molecule has 6 heteroatoms. The molecule has 3 nitrogen and oxygen atoms in total. The highest BCUT2D eigenvalue weighted by molar-refractivity contribution is 5.60. The lowest BCUT2D eigenvalue weighted by Crippen LogP contribution is -2.21. The molecule has 0 N–H and O–H groups in total. The van der Waals surface area contributed by atoms with E-state index in [0.29, 0.717) is 6.54 Å². The van der Waals surface area contributed by atoms with Crippen molar-refractivity contribution in [1.82, 2.24) is 4.98 Å². The predicted octanol–water partition coefficient (Wildman–Crippen LogP) is 3.73. The standard InChI is InChI=1S/C16H12F3N3/c17-16(18,19)13-6-7-21-15-14(13)12(8-20)10-22(15)9-11-4-2-1-3-5-11/h1-7,12H,9-10H2. The first-order chi connectivity index (χ1) is 10.5. The summed E-state index contributed by atoms with van der Waals surface area (Å²) in [6.07, 6.45) is -3.33. The van der Waals surface area contributed by atoms with Crippen molar-refractivity contribution < 1.29 is 13.2 Å². The van der Waals surface area contributed by atoms with Crippen LogP contribution in [0.2, 0.25) is 0 Å². The van der Waals surface area contributed by atoms with E-state index in [1.165, 1.54) is 0 Å². The van der Waals surface area contributed by atoms with Gasteiger partial charge in [0.1, 0.15) is 5.82 Å². The molecular weight excluding hydrogens is 291 g/mol. The van der Waals surface area contributed by atoms with E-state index in [-0.39, 0.29) is 17.9 Å². The molecule has 22 heavy (non-hydrogen) atoms. The molecule has 1 aliphatic rings. The molecule has 2 heterocycles. The molecule has 2 aromatic rings. The number of pyridine rings is 1. The molecule has 0 fully saturated rings. The van der Waals surface area contributed by atoms with E-state index in [1.807, 2.05) is 36.4 Å². The van der Waals surface area contributed by atoms with Gasteiger partial charge in [-0.2, -0.15) is 18.4 Å². The Bertz CT molecular complexity index is 720. The molecule has 1 aliphatic heterocycles. The third-order valence-electron chi connectivity index (χ3n) is 3.70. The van der Waals surface area contributed by atoms with Crippen LogP contribution in [0.5, 0.6) is 0 Å². The Labute approximate surface area is 125 Å². The number of alkyl halides is 3. The second-order valence-electron chi connectivity index (χ2n) is 5.14. The Hall–Kier alpha value is -2.55. The summed E-state index contributed by atoms with van der Waals surface area (Å²) < 4.78 is 39.5. The fourth-order valence-corrected chi connectivity index (χ4v) is 2.75. The second-order valence-corrected chi connectivity index (χ2v) is 5.14. The summed E-state index contributed by atoms with van der Waals surface area (Å²) in [7, 11) is 0. The number of nitrogens with zero attached hydrogens (tertiary/aromatic N) is 3. The fraction of sp³-hybridized carbons (Fsp3) is 0.250. The molecule has 0 spiro atoms. The molecule has 0 saturated heterocycles. The van der Waals surface area contributed by atoms with E-state index in [9.17, 15) is 18.4 Å². The van der Waals surface area contributed by atoms with Crippen molar-refractivity contribution in [2.75, 3.05) is 11.4 Å². The summed E-state index contributed by atoms with van der Waals surface area (Å²) >= 11 is 0. The van der Waals surface area contributed by atoms with Crippen LogP contribution in [0, 0.1) is 11.3 Å². The minimum Gasteiger partial charge on any atom is -0.350 e. The van der Waals surface area contributed by atoms with E-state index < -0.39 is 17.7 Å². The maximum Gasteiger partial charge on any atom is 0.416 e. The predicted molar refractivity (Wildman–Crippen MR) is 75.1 cm³/mol. The van der Waals surface area contributed by atoms with Gasteiger partial charge in [-0.05, 0) is 11.6 Å². The van der Waals surface area contributed by atoms with Crippen LogP contribution in [0.4, 0.5) is 19.0 Å². The first-order valence-electron chi connectivity index (χ1n) is 6.75. The first-order valence-corrected chi connectivity index (χ1v) is 6.75. The first kappa shape index (κ1) is 14.4. The lowest BCUT2D eigenvalue weighted by atomic mass is 9.99. The van der Waals surface area contributed by atoms with Crippen LogP contribution in [0.25, 0.3) is 0 Å². The Kier molecular flexibility index (Phi) is 3.49. The van der Waals surface area contributed by atoms with Gasteiger partial charge in [-0.1, -0.05) is 30.3 Å². The topological polar surface area (TPSA) is 39.9 Å². The quantitative estimate of drug-likeness (QED) is 0.848. The van der Waals surface area contributed by atoms with E-state index in [2.05, 4.69) is 4.98 Å². The van der Waals surface area contributed by atoms with Crippen LogP contribution in [-0.4, -0.2) is 11.5 Å². The number of aromatic nitrogens is 1. The summed E-state index contributed by atoms with van der Waals surface area (Å²) in [5.41, 5.74) is 0.194. The lowest BCUT2D eigenvalue weighted by molar-refractivity contribution is -0.138. The maximum atomic E-state index is 13.2. The maximum absolute atomic E-state index is 13.2. The van der Waals surface area contributed by atoms with Gasteiger partial charge in [-0.3, -0.25) is 0 Å². The Morgan fingerprint density at radius 3 is 2.59 bits per heavy atom. The van der Waals surface area contributed by atoms with Crippen LogP contribution in [0.1, 0.15) is 22.6 Å². The Morgan fingerprint density at radius 2 is 1.95 bits per heavy atom. The summed E-state index contributed by atoms with van der Waals surface area (Å²) in [6.45, 7) is 0.654. The highest BCUT2D eigenvalue weighted by Gasteiger charge is 2.41. The van der Waals surface area contributed by atoms with Crippen molar-refractivity contribution in [2.24, 2.45) is 0 Å². The van der Waals surface area contributed by atoms with E-state index in [4.69, 9.17) is 0 Å². The van der Waals surface area contributed by atoms with Crippen LogP contribution in [0.3, 0.4) is 0 Å². The van der Waals surface area contributed by atoms with Gasteiger partial charge in [0.25, 0.3) is 0 Å². The molecule has 0 bridgehead atoms. The zero-order chi connectivity index (χ0) is 15.7. The summed E-state index contributed by atoms with van der Waals surface area (Å²) in [6, 6.07) is 12.3. The molecule has 1 aromatic carbocycles. The SMILES string of the molecule is N#CC1CN(Cc2ccccc2)c2nccc(C(F)(F)F)c21. The van der Waals surface area contributed by atoms with Gasteiger partial charge >= 0.3 is 6.18 Å². The van der Waals surface area contributed by atoms with Gasteiger partial charge in [0.05, 0.1) is 17.6 Å². The number of hydrogen-bond donors (Lipinski definition) is 0. The molecule has 0 saturated carbocycles. The third-order valence-corrected chi connectivity index (χ3v) is 3.70. The average Bonchev–Trinajstić information content (AvgIpc) is 2.85. The van der Waals surface area contributed by atoms with E-state index >= 15 is 0 Å². The minimum atomic E-state index is -4.48. The number of hydrogen-bond acceptors (Lipinski definition) is 3. The normalized spacial score (nSPS) is 17.2. The number of nitriles is 1. The smallest absolute Gasteiger partial charge is 0.350 e. The summed E-state index contributed by atoms with van der Waals surface area (Å²) in [5, 5.41) is 9.22. The van der Waals surface area contributed by atoms with Crippen LogP contribution in [0.15, 0.2) is 42.6 Å². The van der Waals surface area contributed by atoms with Gasteiger partial charge in [-0.15, -0.1) is 0 Å². The zero-order valence-electron chi connectivity index (χ0n) is 11.5. The highest BCUT2D eigenvalue weighted by Crippen LogP contribution is 2.43. The molecule has 0 amide bonds. The van der Waals surface area contributed by atoms with E-state index in [0.717, 1.165) is 17.8 Å². The van der Waals surface area contributed by atoms with Gasteiger partial charge < -0.3 is 4.90 Å². The monoisotopic (exact) mass is 303 g/mol. The number of rotatable bonds is 2. The Morgan fingerprint density at radius 1 is 1.23 bits per heavy atom. The molecule has 1 atom stereocenters. The summed E-state index contributed by atoms with van der Waals surface area (Å²) in [5.74, 6) is -0.561. The van der Waals surface area contributed by atoms with E-state index in [1.54, 1.807) is 4.90 Å². The van der Waals surface area contributed by atoms with Crippen molar-refractivity contribution in [3.8, 4) is 6.07 Å². The largest absolute Gasteiger partial charge is 0.416 e. The van der Waals surface area contributed by atoms with Gasteiger partial charge in [-0.25, -0.2) is 4.98 Å². The zero-order valence-corrected chi connectivity index (χ0v) is 11.5. The molecule has 0 aliphatic carbocycles. The number of benzene rings is 1. The molecule has 112 valence electrons. The lowest BCUT2D eigenvalue weighted by Gasteiger charge is -2.18. The third kappa shape index (κ3) is 2.50. The van der Waals surface area contributed by atoms with Crippen molar-refractivity contribution in [2.45, 2.75) is 18.6 Å². The van der Waals surface area contributed by atoms with Gasteiger partial charge in [0.15, 0.2) is 0 Å². The molecule has 0 radical (unpaired) electrons. The highest BCUT2D eigenvalue weighted by atomic mass is 19.4. The van der Waals surface area contributed by atoms with Gasteiger partial charge in [0.2, 0.25) is 0 Å². The van der Waals surface area contributed by atoms with Crippen molar-refractivity contribution in [1.29, 1.82) is 5.26 Å². The molecule has 3 rings (SSSR count). The van der Waals surface area contributed by atoms with Crippen LogP contribution in [-0.2, 0) is 12.7 Å². The second kappa shape index (κ2) is 5.34. The number of fused-ring (bicyclic) bond motifs is 1. The molecule has 1 unspecified atom stereocenters. The van der Waals surface area contributed by atoms with Crippen molar-refractivity contribution in [3.05, 3.63) is 59.3 Å². The minimum absolute atomic E-state index is 0.00608.